The number of carbonyl (C=O) groups excluding carboxylic acids is 1. The Bertz CT molecular complexity index is 928. The van der Waals surface area contributed by atoms with Crippen LogP contribution in [0.5, 0.6) is 5.75 Å². The van der Waals surface area contributed by atoms with Crippen LogP contribution >= 0.6 is 23.2 Å². The Balaban J connectivity index is 1.77. The summed E-state index contributed by atoms with van der Waals surface area (Å²) in [6.07, 6.45) is 3.07. The third kappa shape index (κ3) is 5.03. The van der Waals surface area contributed by atoms with Crippen molar-refractivity contribution in [2.45, 2.75) is 12.3 Å². The fourth-order valence-electron chi connectivity index (χ4n) is 3.02. The van der Waals surface area contributed by atoms with E-state index in [0.29, 0.717) is 22.2 Å². The maximum atomic E-state index is 12.5. The van der Waals surface area contributed by atoms with E-state index >= 15 is 0 Å². The van der Waals surface area contributed by atoms with Crippen molar-refractivity contribution in [3.8, 4) is 5.75 Å². The highest BCUT2D eigenvalue weighted by Crippen LogP contribution is 2.27. The van der Waals surface area contributed by atoms with Gasteiger partial charge < -0.3 is 10.1 Å². The Hall–Kier alpha value is -2.56. The number of rotatable bonds is 7. The number of pyridine rings is 1. The molecule has 1 unspecified atom stereocenters. The van der Waals surface area contributed by atoms with E-state index in [1.54, 1.807) is 7.11 Å². The summed E-state index contributed by atoms with van der Waals surface area (Å²) in [6, 6.07) is 17.9. The first-order valence-electron chi connectivity index (χ1n) is 8.82. The van der Waals surface area contributed by atoms with Crippen molar-refractivity contribution in [3.05, 3.63) is 93.7 Å². The van der Waals surface area contributed by atoms with Crippen molar-refractivity contribution >= 4 is 29.1 Å². The number of carbonyl (C=O) groups is 1. The van der Waals surface area contributed by atoms with Gasteiger partial charge in [-0.05, 0) is 23.3 Å². The lowest BCUT2D eigenvalue weighted by Crippen LogP contribution is -2.30. The zero-order chi connectivity index (χ0) is 19.9. The molecule has 0 aliphatic heterocycles. The van der Waals surface area contributed by atoms with Crippen molar-refractivity contribution in [1.82, 2.24) is 10.3 Å². The molecule has 6 heteroatoms. The lowest BCUT2D eigenvalue weighted by atomic mass is 9.91. The first-order valence-corrected chi connectivity index (χ1v) is 9.57. The minimum absolute atomic E-state index is 0.0105. The van der Waals surface area contributed by atoms with E-state index in [1.165, 1.54) is 12.4 Å². The van der Waals surface area contributed by atoms with Gasteiger partial charge in [-0.3, -0.25) is 9.78 Å². The van der Waals surface area contributed by atoms with E-state index < -0.39 is 0 Å². The molecule has 0 bridgehead atoms. The highest BCUT2D eigenvalue weighted by atomic mass is 35.5. The zero-order valence-electron chi connectivity index (χ0n) is 15.4. The van der Waals surface area contributed by atoms with E-state index in [1.807, 2.05) is 54.6 Å². The molecule has 1 heterocycles. The molecule has 4 nitrogen and oxygen atoms in total. The summed E-state index contributed by atoms with van der Waals surface area (Å²) in [4.78, 5) is 16.4. The minimum Gasteiger partial charge on any atom is -0.497 e. The van der Waals surface area contributed by atoms with Crippen LogP contribution in [0.3, 0.4) is 0 Å². The number of halogens is 2. The van der Waals surface area contributed by atoms with Crippen molar-refractivity contribution in [1.29, 1.82) is 0 Å². The minimum atomic E-state index is -0.154. The molecule has 1 aromatic heterocycles. The van der Waals surface area contributed by atoms with Gasteiger partial charge in [0, 0.05) is 30.4 Å². The van der Waals surface area contributed by atoms with Gasteiger partial charge in [-0.2, -0.15) is 0 Å². The van der Waals surface area contributed by atoms with Crippen LogP contribution in [-0.2, 0) is 11.2 Å². The van der Waals surface area contributed by atoms with Crippen LogP contribution in [0.15, 0.2) is 67.0 Å². The molecular weight excluding hydrogens is 395 g/mol. The average molecular weight is 415 g/mol. The number of nitrogens with zero attached hydrogens (tertiary/aromatic N) is 1. The number of methoxy groups -OCH3 is 1. The molecule has 0 saturated heterocycles. The van der Waals surface area contributed by atoms with Gasteiger partial charge in [-0.15, -0.1) is 0 Å². The molecule has 3 aromatic rings. The predicted octanol–water partition coefficient (Wildman–Crippen LogP) is 4.89. The lowest BCUT2D eigenvalue weighted by Gasteiger charge is -2.19. The largest absolute Gasteiger partial charge is 0.497 e. The fourth-order valence-corrected chi connectivity index (χ4v) is 3.52. The summed E-state index contributed by atoms with van der Waals surface area (Å²) in [5.74, 6) is 0.613. The van der Waals surface area contributed by atoms with E-state index in [-0.39, 0.29) is 18.2 Å². The number of nitrogens with one attached hydrogen (secondary N) is 1. The van der Waals surface area contributed by atoms with Crippen molar-refractivity contribution in [3.63, 3.8) is 0 Å². The number of benzene rings is 2. The molecule has 0 aliphatic carbocycles. The smallest absolute Gasteiger partial charge is 0.224 e. The monoisotopic (exact) mass is 414 g/mol. The standard InChI is InChI=1S/C22H20Cl2N2O2/c1-28-17-9-5-8-16(10-17)19(15-6-3-2-4-7-15)12-26-22(27)11-18-20(23)13-25-14-21(18)24/h2-10,13-14,19H,11-12H2,1H3,(H,26,27). The average Bonchev–Trinajstić information content (AvgIpc) is 2.72. The van der Waals surface area contributed by atoms with Crippen molar-refractivity contribution < 1.29 is 9.53 Å². The van der Waals surface area contributed by atoms with Crippen LogP contribution in [0.2, 0.25) is 10.0 Å². The third-order valence-electron chi connectivity index (χ3n) is 4.49. The van der Waals surface area contributed by atoms with Gasteiger partial charge >= 0.3 is 0 Å². The molecule has 0 aliphatic rings. The van der Waals surface area contributed by atoms with E-state index in [0.717, 1.165) is 16.9 Å². The molecule has 0 fully saturated rings. The Morgan fingerprint density at radius 3 is 2.39 bits per heavy atom. The molecule has 1 atom stereocenters. The van der Waals surface area contributed by atoms with Crippen LogP contribution in [-0.4, -0.2) is 24.5 Å². The summed E-state index contributed by atoms with van der Waals surface area (Å²) < 4.78 is 5.35. The van der Waals surface area contributed by atoms with Gasteiger partial charge in [-0.1, -0.05) is 65.7 Å². The highest BCUT2D eigenvalue weighted by molar-refractivity contribution is 6.36. The van der Waals surface area contributed by atoms with Gasteiger partial charge in [-0.25, -0.2) is 0 Å². The number of hydrogen-bond donors (Lipinski definition) is 1. The van der Waals surface area contributed by atoms with Crippen LogP contribution in [0.1, 0.15) is 22.6 Å². The second kappa shape index (κ2) is 9.58. The summed E-state index contributed by atoms with van der Waals surface area (Å²) in [5.41, 5.74) is 2.75. The van der Waals surface area contributed by atoms with E-state index in [4.69, 9.17) is 27.9 Å². The molecule has 0 saturated carbocycles. The third-order valence-corrected chi connectivity index (χ3v) is 5.14. The normalized spacial score (nSPS) is 11.7. The van der Waals surface area contributed by atoms with Gasteiger partial charge in [0.25, 0.3) is 0 Å². The van der Waals surface area contributed by atoms with Crippen LogP contribution in [0.25, 0.3) is 0 Å². The van der Waals surface area contributed by atoms with E-state index in [9.17, 15) is 4.79 Å². The Labute approximate surface area is 174 Å². The Morgan fingerprint density at radius 2 is 1.71 bits per heavy atom. The molecule has 1 N–H and O–H groups in total. The predicted molar refractivity (Wildman–Crippen MR) is 112 cm³/mol. The number of hydrogen-bond acceptors (Lipinski definition) is 3. The van der Waals surface area contributed by atoms with Gasteiger partial charge in [0.05, 0.1) is 23.6 Å². The van der Waals surface area contributed by atoms with Crippen molar-refractivity contribution in [2.75, 3.05) is 13.7 Å². The Kier molecular flexibility index (Phi) is 6.90. The summed E-state index contributed by atoms with van der Waals surface area (Å²) in [7, 11) is 1.64. The molecule has 144 valence electrons. The molecule has 1 amide bonds. The molecular formula is C22H20Cl2N2O2. The molecule has 0 radical (unpaired) electrons. The topological polar surface area (TPSA) is 51.2 Å². The quantitative estimate of drug-likeness (QED) is 0.598. The Morgan fingerprint density at radius 1 is 1.04 bits per heavy atom. The van der Waals surface area contributed by atoms with E-state index in [2.05, 4.69) is 10.3 Å². The van der Waals surface area contributed by atoms with Gasteiger partial charge in [0.15, 0.2) is 0 Å². The lowest BCUT2D eigenvalue weighted by molar-refractivity contribution is -0.120. The first-order chi connectivity index (χ1) is 13.6. The molecule has 0 spiro atoms. The molecule has 28 heavy (non-hydrogen) atoms. The highest BCUT2D eigenvalue weighted by Gasteiger charge is 2.17. The van der Waals surface area contributed by atoms with Crippen LogP contribution < -0.4 is 10.1 Å². The maximum absolute atomic E-state index is 12.5. The van der Waals surface area contributed by atoms with Crippen LogP contribution in [0, 0.1) is 0 Å². The second-order valence-electron chi connectivity index (χ2n) is 6.30. The summed E-state index contributed by atoms with van der Waals surface area (Å²) in [5, 5.41) is 3.77. The van der Waals surface area contributed by atoms with Gasteiger partial charge in [0.1, 0.15) is 5.75 Å². The fraction of sp³-hybridized carbons (Fsp3) is 0.182. The molecule has 3 rings (SSSR count). The number of ether oxygens (including phenoxy) is 1. The zero-order valence-corrected chi connectivity index (χ0v) is 16.9. The summed E-state index contributed by atoms with van der Waals surface area (Å²) >= 11 is 12.2. The van der Waals surface area contributed by atoms with Gasteiger partial charge in [0.2, 0.25) is 5.91 Å². The maximum Gasteiger partial charge on any atom is 0.224 e. The first kappa shape index (κ1) is 20.2. The SMILES string of the molecule is COc1cccc(C(CNC(=O)Cc2c(Cl)cncc2Cl)c2ccccc2)c1. The summed E-state index contributed by atoms with van der Waals surface area (Å²) in [6.45, 7) is 0.441. The number of aromatic nitrogens is 1. The number of amides is 1. The second-order valence-corrected chi connectivity index (χ2v) is 7.12. The van der Waals surface area contributed by atoms with Crippen molar-refractivity contribution in [2.24, 2.45) is 0 Å². The van der Waals surface area contributed by atoms with Crippen LogP contribution in [0.4, 0.5) is 0 Å². The molecule has 2 aromatic carbocycles.